The molecule has 1 aromatic heterocycles. The monoisotopic (exact) mass is 688 g/mol. The van der Waals surface area contributed by atoms with Crippen LogP contribution in [0.15, 0.2) is 71.6 Å². The Bertz CT molecular complexity index is 1890. The molecule has 1 heterocycles. The number of anilines is 1. The highest BCUT2D eigenvalue weighted by molar-refractivity contribution is 7.89. The van der Waals surface area contributed by atoms with E-state index in [2.05, 4.69) is 36.6 Å². The SMILES string of the molecule is Cc1ccc(S(=O)(=O)N(C)C)cc1-c1cccc(C[C@H](NC(=O)[C@H]2CC[C@H](CNC(=O)O)CC2)C(=O)Nc2ccc(-c3nnn[nH]3)cc2)c1. The molecule has 1 atom stereocenters. The number of tetrazole rings is 1. The lowest BCUT2D eigenvalue weighted by Gasteiger charge is -2.29. The van der Waals surface area contributed by atoms with Crippen LogP contribution in [0.25, 0.3) is 22.5 Å². The van der Waals surface area contributed by atoms with Gasteiger partial charge in [0.2, 0.25) is 21.8 Å². The van der Waals surface area contributed by atoms with E-state index in [1.807, 2.05) is 31.2 Å². The first kappa shape index (κ1) is 35.2. The van der Waals surface area contributed by atoms with Crippen LogP contribution in [0, 0.1) is 18.8 Å². The molecule has 15 heteroatoms. The molecule has 0 spiro atoms. The van der Waals surface area contributed by atoms with Crippen molar-refractivity contribution in [2.45, 2.75) is 50.0 Å². The zero-order chi connectivity index (χ0) is 35.1. The number of sulfonamides is 1. The molecular formula is C34H40N8O6S. The van der Waals surface area contributed by atoms with Crippen molar-refractivity contribution in [2.24, 2.45) is 11.8 Å². The highest BCUT2D eigenvalue weighted by Gasteiger charge is 2.30. The number of benzene rings is 3. The number of hydrogen-bond acceptors (Lipinski definition) is 8. The Kier molecular flexibility index (Phi) is 11.0. The van der Waals surface area contributed by atoms with Crippen molar-refractivity contribution < 1.29 is 27.9 Å². The van der Waals surface area contributed by atoms with Crippen molar-refractivity contribution in [2.75, 3.05) is 26.0 Å². The molecule has 5 N–H and O–H groups in total. The fourth-order valence-electron chi connectivity index (χ4n) is 5.97. The number of carbonyl (C=O) groups is 3. The van der Waals surface area contributed by atoms with E-state index in [1.165, 1.54) is 18.4 Å². The van der Waals surface area contributed by atoms with Gasteiger partial charge in [0.1, 0.15) is 6.04 Å². The van der Waals surface area contributed by atoms with Gasteiger partial charge in [0.15, 0.2) is 5.82 Å². The highest BCUT2D eigenvalue weighted by Crippen LogP contribution is 2.30. The summed E-state index contributed by atoms with van der Waals surface area (Å²) in [7, 11) is -0.681. The van der Waals surface area contributed by atoms with Crippen LogP contribution in [-0.2, 0) is 26.0 Å². The van der Waals surface area contributed by atoms with Crippen molar-refractivity contribution in [3.63, 3.8) is 0 Å². The minimum absolute atomic E-state index is 0.160. The third-order valence-electron chi connectivity index (χ3n) is 8.83. The van der Waals surface area contributed by atoms with Gasteiger partial charge in [-0.3, -0.25) is 9.59 Å². The van der Waals surface area contributed by atoms with Crippen LogP contribution in [0.1, 0.15) is 36.8 Å². The lowest BCUT2D eigenvalue weighted by Crippen LogP contribution is -2.48. The van der Waals surface area contributed by atoms with Crippen molar-refractivity contribution in [3.8, 4) is 22.5 Å². The molecule has 0 radical (unpaired) electrons. The number of hydrogen-bond donors (Lipinski definition) is 5. The number of nitrogens with zero attached hydrogens (tertiary/aromatic N) is 4. The second kappa shape index (κ2) is 15.4. The smallest absolute Gasteiger partial charge is 0.404 e. The number of nitrogens with one attached hydrogen (secondary N) is 4. The summed E-state index contributed by atoms with van der Waals surface area (Å²) in [5, 5.41) is 31.0. The average molecular weight is 689 g/mol. The quantitative estimate of drug-likeness (QED) is 0.147. The first-order valence-corrected chi connectivity index (χ1v) is 17.4. The zero-order valence-corrected chi connectivity index (χ0v) is 28.3. The van der Waals surface area contributed by atoms with E-state index in [0.29, 0.717) is 43.7 Å². The molecule has 1 aliphatic carbocycles. The molecule has 49 heavy (non-hydrogen) atoms. The van der Waals surface area contributed by atoms with Crippen LogP contribution in [0.5, 0.6) is 0 Å². The van der Waals surface area contributed by atoms with Crippen molar-refractivity contribution in [1.82, 2.24) is 35.6 Å². The van der Waals surface area contributed by atoms with Gasteiger partial charge in [-0.2, -0.15) is 0 Å². The number of aromatic amines is 1. The number of rotatable bonds is 12. The van der Waals surface area contributed by atoms with E-state index in [4.69, 9.17) is 5.11 Å². The van der Waals surface area contributed by atoms with Crippen LogP contribution < -0.4 is 16.0 Å². The summed E-state index contributed by atoms with van der Waals surface area (Å²) in [6.07, 6.45) is 1.69. The summed E-state index contributed by atoms with van der Waals surface area (Å²) < 4.78 is 26.9. The predicted molar refractivity (Wildman–Crippen MR) is 183 cm³/mol. The minimum Gasteiger partial charge on any atom is -0.465 e. The Morgan fingerprint density at radius 2 is 1.71 bits per heavy atom. The van der Waals surface area contributed by atoms with E-state index in [1.54, 1.807) is 42.5 Å². The molecule has 3 aromatic carbocycles. The van der Waals surface area contributed by atoms with Gasteiger partial charge in [0.25, 0.3) is 0 Å². The number of carbonyl (C=O) groups excluding carboxylic acids is 2. The van der Waals surface area contributed by atoms with Gasteiger partial charge in [0, 0.05) is 44.2 Å². The maximum absolute atomic E-state index is 13.8. The third kappa shape index (κ3) is 8.86. The molecule has 258 valence electrons. The largest absolute Gasteiger partial charge is 0.465 e. The predicted octanol–water partition coefficient (Wildman–Crippen LogP) is 3.83. The van der Waals surface area contributed by atoms with Crippen LogP contribution in [-0.4, -0.2) is 83.0 Å². The van der Waals surface area contributed by atoms with Crippen molar-refractivity contribution >= 4 is 33.6 Å². The number of aromatic nitrogens is 4. The summed E-state index contributed by atoms with van der Waals surface area (Å²) in [4.78, 5) is 38.4. The van der Waals surface area contributed by atoms with Gasteiger partial charge in [0.05, 0.1) is 4.90 Å². The first-order chi connectivity index (χ1) is 23.4. The van der Waals surface area contributed by atoms with Gasteiger partial charge in [-0.15, -0.1) is 5.10 Å². The maximum Gasteiger partial charge on any atom is 0.404 e. The number of aryl methyl sites for hydroxylation is 1. The normalized spacial score (nSPS) is 16.9. The highest BCUT2D eigenvalue weighted by atomic mass is 32.2. The third-order valence-corrected chi connectivity index (χ3v) is 10.6. The van der Waals surface area contributed by atoms with Crippen LogP contribution >= 0.6 is 0 Å². The van der Waals surface area contributed by atoms with Gasteiger partial charge in [-0.1, -0.05) is 30.3 Å². The molecule has 0 saturated heterocycles. The Labute approximate surface area is 284 Å². The summed E-state index contributed by atoms with van der Waals surface area (Å²) in [6, 6.07) is 18.5. The molecule has 1 aliphatic rings. The molecule has 14 nitrogen and oxygen atoms in total. The van der Waals surface area contributed by atoms with Crippen molar-refractivity contribution in [3.05, 3.63) is 77.9 Å². The first-order valence-electron chi connectivity index (χ1n) is 16.0. The summed E-state index contributed by atoms with van der Waals surface area (Å²) in [6.45, 7) is 2.25. The number of H-pyrrole nitrogens is 1. The second-order valence-corrected chi connectivity index (χ2v) is 14.6. The molecule has 0 aliphatic heterocycles. The molecule has 4 aromatic rings. The van der Waals surface area contributed by atoms with Crippen LogP contribution in [0.3, 0.4) is 0 Å². The Balaban J connectivity index is 1.36. The lowest BCUT2D eigenvalue weighted by atomic mass is 9.81. The van der Waals surface area contributed by atoms with Crippen molar-refractivity contribution in [1.29, 1.82) is 0 Å². The van der Waals surface area contributed by atoms with Crippen LogP contribution in [0.2, 0.25) is 0 Å². The van der Waals surface area contributed by atoms with Gasteiger partial charge in [-0.05, 0) is 108 Å². The van der Waals surface area contributed by atoms with E-state index in [-0.39, 0.29) is 29.1 Å². The number of carboxylic acid groups (broad SMARTS) is 1. The molecule has 1 saturated carbocycles. The van der Waals surface area contributed by atoms with E-state index >= 15 is 0 Å². The Morgan fingerprint density at radius 1 is 0.980 bits per heavy atom. The molecular weight excluding hydrogens is 648 g/mol. The van der Waals surface area contributed by atoms with Gasteiger partial charge < -0.3 is 21.1 Å². The summed E-state index contributed by atoms with van der Waals surface area (Å²) >= 11 is 0. The Hall–Kier alpha value is -5.15. The van der Waals surface area contributed by atoms with Gasteiger partial charge >= 0.3 is 6.09 Å². The molecule has 1 fully saturated rings. The van der Waals surface area contributed by atoms with E-state index < -0.39 is 28.1 Å². The fraction of sp³-hybridized carbons (Fsp3) is 0.353. The second-order valence-electron chi connectivity index (χ2n) is 12.4. The minimum atomic E-state index is -3.65. The molecule has 3 amide bonds. The number of amides is 3. The topological polar surface area (TPSA) is 199 Å². The molecule has 0 unspecified atom stereocenters. The molecule has 5 rings (SSSR count). The molecule has 0 bridgehead atoms. The van der Waals surface area contributed by atoms with Crippen LogP contribution in [0.4, 0.5) is 10.5 Å². The maximum atomic E-state index is 13.8. The lowest BCUT2D eigenvalue weighted by molar-refractivity contribution is -0.130. The standard InChI is InChI=1S/C34H40N8O6S/c1-21-7-16-28(49(47,48)42(2)3)19-29(21)26-6-4-5-23(17-26)18-30(37-32(43)25-10-8-22(9-11-25)20-35-34(45)46)33(44)36-27-14-12-24(13-15-27)31-38-40-41-39-31/h4-7,12-17,19,22,25,30,35H,8-11,18,20H2,1-3H3,(H,36,44)(H,37,43)(H,45,46)(H,38,39,40,41)/t22-,25-,30-/m0/s1. The zero-order valence-electron chi connectivity index (χ0n) is 27.5. The van der Waals surface area contributed by atoms with Gasteiger partial charge in [-0.25, -0.2) is 22.6 Å². The fourth-order valence-corrected chi connectivity index (χ4v) is 6.89. The average Bonchev–Trinajstić information content (AvgIpc) is 3.63. The summed E-state index contributed by atoms with van der Waals surface area (Å²) in [5.74, 6) is -0.292. The Morgan fingerprint density at radius 3 is 2.37 bits per heavy atom. The summed E-state index contributed by atoms with van der Waals surface area (Å²) in [5.41, 5.74) is 4.44. The van der Waals surface area contributed by atoms with E-state index in [9.17, 15) is 22.8 Å². The van der Waals surface area contributed by atoms with E-state index in [0.717, 1.165) is 27.8 Å².